The SMILES string of the molecule is CCOC(=O)c1cn(-c2ccc(F)c(F)c2)c2ccc(CN3CCOCC3)cc2c1=O. The lowest BCUT2D eigenvalue weighted by Gasteiger charge is -2.26. The normalized spacial score (nSPS) is 14.7. The highest BCUT2D eigenvalue weighted by molar-refractivity contribution is 5.94. The molecule has 0 aliphatic carbocycles. The Morgan fingerprint density at radius 1 is 1.10 bits per heavy atom. The molecular weight excluding hydrogens is 406 g/mol. The van der Waals surface area contributed by atoms with Crippen molar-refractivity contribution in [2.24, 2.45) is 0 Å². The maximum Gasteiger partial charge on any atom is 0.343 e. The van der Waals surface area contributed by atoms with Crippen molar-refractivity contribution in [1.29, 1.82) is 0 Å². The zero-order chi connectivity index (χ0) is 22.0. The summed E-state index contributed by atoms with van der Waals surface area (Å²) in [6.45, 7) is 5.28. The lowest BCUT2D eigenvalue weighted by atomic mass is 10.1. The molecule has 8 heteroatoms. The number of hydrogen-bond acceptors (Lipinski definition) is 5. The molecule has 0 radical (unpaired) electrons. The Kier molecular flexibility index (Phi) is 6.11. The van der Waals surface area contributed by atoms with Gasteiger partial charge in [0.1, 0.15) is 5.56 Å². The third kappa shape index (κ3) is 4.35. The van der Waals surface area contributed by atoms with Crippen molar-refractivity contribution in [3.63, 3.8) is 0 Å². The van der Waals surface area contributed by atoms with Crippen LogP contribution in [0.25, 0.3) is 16.6 Å². The van der Waals surface area contributed by atoms with Crippen molar-refractivity contribution in [2.75, 3.05) is 32.9 Å². The molecule has 0 unspecified atom stereocenters. The predicted octanol–water partition coefficient (Wildman–Crippen LogP) is 3.28. The van der Waals surface area contributed by atoms with Crippen molar-refractivity contribution in [2.45, 2.75) is 13.5 Å². The third-order valence-electron chi connectivity index (χ3n) is 5.25. The summed E-state index contributed by atoms with van der Waals surface area (Å²) in [6.07, 6.45) is 1.32. The molecule has 1 aliphatic rings. The van der Waals surface area contributed by atoms with Gasteiger partial charge in [0.25, 0.3) is 0 Å². The Morgan fingerprint density at radius 2 is 1.87 bits per heavy atom. The topological polar surface area (TPSA) is 60.8 Å². The smallest absolute Gasteiger partial charge is 0.343 e. The summed E-state index contributed by atoms with van der Waals surface area (Å²) in [5.41, 5.74) is 1.05. The third-order valence-corrected chi connectivity index (χ3v) is 5.25. The fourth-order valence-electron chi connectivity index (χ4n) is 3.70. The molecule has 1 fully saturated rings. The molecule has 1 aromatic heterocycles. The van der Waals surface area contributed by atoms with Crippen LogP contribution in [0.5, 0.6) is 0 Å². The summed E-state index contributed by atoms with van der Waals surface area (Å²) >= 11 is 0. The van der Waals surface area contributed by atoms with Gasteiger partial charge in [0.2, 0.25) is 5.43 Å². The van der Waals surface area contributed by atoms with Gasteiger partial charge in [-0.3, -0.25) is 9.69 Å². The predicted molar refractivity (Wildman–Crippen MR) is 112 cm³/mol. The molecule has 2 aromatic carbocycles. The first-order chi connectivity index (χ1) is 15.0. The first-order valence-corrected chi connectivity index (χ1v) is 10.1. The zero-order valence-electron chi connectivity index (χ0n) is 17.1. The number of carbonyl (C=O) groups excluding carboxylic acids is 1. The Balaban J connectivity index is 1.87. The average Bonchev–Trinajstić information content (AvgIpc) is 2.77. The molecule has 0 atom stereocenters. The average molecular weight is 428 g/mol. The lowest BCUT2D eigenvalue weighted by molar-refractivity contribution is 0.0342. The van der Waals surface area contributed by atoms with Gasteiger partial charge in [-0.25, -0.2) is 13.6 Å². The van der Waals surface area contributed by atoms with Crippen LogP contribution >= 0.6 is 0 Å². The van der Waals surface area contributed by atoms with Crippen LogP contribution in [-0.2, 0) is 16.0 Å². The van der Waals surface area contributed by atoms with Gasteiger partial charge in [0, 0.05) is 43.0 Å². The number of morpholine rings is 1. The molecule has 1 aliphatic heterocycles. The van der Waals surface area contributed by atoms with Crippen LogP contribution < -0.4 is 5.43 Å². The quantitative estimate of drug-likeness (QED) is 0.584. The lowest BCUT2D eigenvalue weighted by Crippen LogP contribution is -2.35. The van der Waals surface area contributed by atoms with Gasteiger partial charge in [0.15, 0.2) is 11.6 Å². The minimum Gasteiger partial charge on any atom is -0.462 e. The van der Waals surface area contributed by atoms with Crippen molar-refractivity contribution in [1.82, 2.24) is 9.47 Å². The van der Waals surface area contributed by atoms with Gasteiger partial charge in [-0.1, -0.05) is 6.07 Å². The number of fused-ring (bicyclic) bond motifs is 1. The summed E-state index contributed by atoms with van der Waals surface area (Å²) in [4.78, 5) is 27.8. The Labute approximate surface area is 177 Å². The molecule has 1 saturated heterocycles. The van der Waals surface area contributed by atoms with Gasteiger partial charge >= 0.3 is 5.97 Å². The van der Waals surface area contributed by atoms with E-state index in [-0.39, 0.29) is 17.9 Å². The van der Waals surface area contributed by atoms with Gasteiger partial charge in [-0.15, -0.1) is 0 Å². The molecular formula is C23H22F2N2O4. The fraction of sp³-hybridized carbons (Fsp3) is 0.304. The molecule has 31 heavy (non-hydrogen) atoms. The standard InChI is InChI=1S/C23H22F2N2O4/c1-2-31-23(29)18-14-27(16-4-5-19(24)20(25)12-16)21-6-3-15(11-17(21)22(18)28)13-26-7-9-30-10-8-26/h3-6,11-12,14H,2,7-10,13H2,1H3. The second-order valence-electron chi connectivity index (χ2n) is 7.30. The van der Waals surface area contributed by atoms with Crippen LogP contribution in [0, 0.1) is 11.6 Å². The van der Waals surface area contributed by atoms with E-state index < -0.39 is 23.0 Å². The summed E-state index contributed by atoms with van der Waals surface area (Å²) in [5.74, 6) is -2.76. The largest absolute Gasteiger partial charge is 0.462 e. The van der Waals surface area contributed by atoms with Gasteiger partial charge in [-0.2, -0.15) is 0 Å². The van der Waals surface area contributed by atoms with Gasteiger partial charge < -0.3 is 14.0 Å². The number of hydrogen-bond donors (Lipinski definition) is 0. The second-order valence-corrected chi connectivity index (χ2v) is 7.30. The number of esters is 1. The number of halogens is 2. The number of ether oxygens (including phenoxy) is 2. The van der Waals surface area contributed by atoms with E-state index in [1.807, 2.05) is 6.07 Å². The number of rotatable bonds is 5. The fourth-order valence-corrected chi connectivity index (χ4v) is 3.70. The molecule has 2 heterocycles. The monoisotopic (exact) mass is 428 g/mol. The van der Waals surface area contributed by atoms with E-state index in [9.17, 15) is 18.4 Å². The summed E-state index contributed by atoms with van der Waals surface area (Å²) in [5, 5.41) is 0.307. The number of pyridine rings is 1. The molecule has 6 nitrogen and oxygen atoms in total. The highest BCUT2D eigenvalue weighted by Crippen LogP contribution is 2.22. The number of nitrogens with zero attached hydrogens (tertiary/aromatic N) is 2. The van der Waals surface area contributed by atoms with E-state index in [0.717, 1.165) is 30.8 Å². The first-order valence-electron chi connectivity index (χ1n) is 10.1. The van der Waals surface area contributed by atoms with Crippen molar-refractivity contribution >= 4 is 16.9 Å². The first kappa shape index (κ1) is 21.1. The molecule has 162 valence electrons. The number of aromatic nitrogens is 1. The molecule has 0 spiro atoms. The van der Waals surface area contributed by atoms with E-state index in [1.54, 1.807) is 19.1 Å². The van der Waals surface area contributed by atoms with Gasteiger partial charge in [0.05, 0.1) is 25.3 Å². The highest BCUT2D eigenvalue weighted by Gasteiger charge is 2.19. The van der Waals surface area contributed by atoms with Crippen LogP contribution in [0.15, 0.2) is 47.4 Å². The Morgan fingerprint density at radius 3 is 2.58 bits per heavy atom. The maximum absolute atomic E-state index is 13.9. The summed E-state index contributed by atoms with van der Waals surface area (Å²) in [7, 11) is 0. The highest BCUT2D eigenvalue weighted by atomic mass is 19.2. The van der Waals surface area contributed by atoms with Crippen molar-refractivity contribution in [3.8, 4) is 5.69 Å². The molecule has 3 aromatic rings. The van der Waals surface area contributed by atoms with E-state index in [4.69, 9.17) is 9.47 Å². The van der Waals surface area contributed by atoms with E-state index in [1.165, 1.54) is 16.8 Å². The minimum atomic E-state index is -1.02. The second kappa shape index (κ2) is 8.95. The van der Waals surface area contributed by atoms with Crippen LogP contribution in [0.2, 0.25) is 0 Å². The Bertz CT molecular complexity index is 1190. The van der Waals surface area contributed by atoms with E-state index >= 15 is 0 Å². The van der Waals surface area contributed by atoms with Crippen LogP contribution in [0.4, 0.5) is 8.78 Å². The maximum atomic E-state index is 13.9. The van der Waals surface area contributed by atoms with Crippen LogP contribution in [0.3, 0.4) is 0 Å². The van der Waals surface area contributed by atoms with Crippen LogP contribution in [-0.4, -0.2) is 48.3 Å². The van der Waals surface area contributed by atoms with E-state index in [2.05, 4.69) is 4.90 Å². The number of carbonyl (C=O) groups is 1. The van der Waals surface area contributed by atoms with Crippen molar-refractivity contribution in [3.05, 3.63) is 75.6 Å². The minimum absolute atomic E-state index is 0.110. The van der Waals surface area contributed by atoms with E-state index in [0.29, 0.717) is 30.7 Å². The van der Waals surface area contributed by atoms with Crippen molar-refractivity contribution < 1.29 is 23.0 Å². The summed E-state index contributed by atoms with van der Waals surface area (Å²) < 4.78 is 39.3. The zero-order valence-corrected chi connectivity index (χ0v) is 17.1. The van der Waals surface area contributed by atoms with Gasteiger partial charge in [-0.05, 0) is 36.8 Å². The summed E-state index contributed by atoms with van der Waals surface area (Å²) in [6, 6.07) is 8.80. The van der Waals surface area contributed by atoms with Crippen LogP contribution in [0.1, 0.15) is 22.8 Å². The molecule has 0 amide bonds. The molecule has 0 bridgehead atoms. The molecule has 0 saturated carbocycles. The molecule has 4 rings (SSSR count). The molecule has 0 N–H and O–H groups in total. The number of benzene rings is 2. The Hall–Kier alpha value is -3.10.